The highest BCUT2D eigenvalue weighted by Crippen LogP contribution is 2.26. The summed E-state index contributed by atoms with van der Waals surface area (Å²) in [6.07, 6.45) is 1.44. The van der Waals surface area contributed by atoms with E-state index in [0.717, 1.165) is 5.69 Å². The molecule has 1 aromatic heterocycles. The van der Waals surface area contributed by atoms with Crippen LogP contribution in [0, 0.1) is 0 Å². The zero-order valence-corrected chi connectivity index (χ0v) is 11.8. The van der Waals surface area contributed by atoms with Crippen molar-refractivity contribution in [2.75, 3.05) is 36.6 Å². The predicted molar refractivity (Wildman–Crippen MR) is 81.5 cm³/mol. The minimum atomic E-state index is 0.448. The fraction of sp³-hybridized carbons (Fsp3) is 0.231. The number of hydrogen-bond acceptors (Lipinski definition) is 6. The molecule has 0 aliphatic rings. The summed E-state index contributed by atoms with van der Waals surface area (Å²) < 4.78 is 4.97. The fourth-order valence-electron chi connectivity index (χ4n) is 1.61. The molecule has 0 fully saturated rings. The van der Waals surface area contributed by atoms with E-state index in [9.17, 15) is 0 Å². The molecular formula is C13H16ClN5O. The van der Waals surface area contributed by atoms with Crippen LogP contribution in [0.2, 0.25) is 5.02 Å². The molecule has 0 amide bonds. The van der Waals surface area contributed by atoms with Crippen LogP contribution in [0.15, 0.2) is 30.6 Å². The number of nitrogens with zero attached hydrogens (tertiary/aromatic N) is 2. The highest BCUT2D eigenvalue weighted by Gasteiger charge is 2.08. The zero-order chi connectivity index (χ0) is 14.4. The molecule has 106 valence electrons. The van der Waals surface area contributed by atoms with E-state index in [-0.39, 0.29) is 0 Å². The number of anilines is 4. The SMILES string of the molecule is COCCNc1ncnc(Nc2cccc(Cl)c2)c1N. The third kappa shape index (κ3) is 3.72. The maximum Gasteiger partial charge on any atom is 0.159 e. The maximum atomic E-state index is 6.03. The Morgan fingerprint density at radius 3 is 2.85 bits per heavy atom. The van der Waals surface area contributed by atoms with Crippen molar-refractivity contribution < 1.29 is 4.74 Å². The van der Waals surface area contributed by atoms with Crippen LogP contribution in [0.1, 0.15) is 0 Å². The van der Waals surface area contributed by atoms with Gasteiger partial charge in [0, 0.05) is 24.4 Å². The van der Waals surface area contributed by atoms with Gasteiger partial charge in [-0.05, 0) is 18.2 Å². The zero-order valence-electron chi connectivity index (χ0n) is 11.1. The first-order chi connectivity index (χ1) is 9.70. The van der Waals surface area contributed by atoms with Gasteiger partial charge in [-0.3, -0.25) is 0 Å². The van der Waals surface area contributed by atoms with Crippen LogP contribution in [0.3, 0.4) is 0 Å². The molecule has 0 saturated carbocycles. The van der Waals surface area contributed by atoms with E-state index >= 15 is 0 Å². The summed E-state index contributed by atoms with van der Waals surface area (Å²) in [7, 11) is 1.64. The number of rotatable bonds is 6. The normalized spacial score (nSPS) is 10.3. The summed E-state index contributed by atoms with van der Waals surface area (Å²) in [6, 6.07) is 7.32. The minimum absolute atomic E-state index is 0.448. The van der Waals surface area contributed by atoms with Gasteiger partial charge in [-0.2, -0.15) is 0 Å². The molecule has 0 bridgehead atoms. The van der Waals surface area contributed by atoms with Crippen molar-refractivity contribution in [1.82, 2.24) is 9.97 Å². The third-order valence-corrected chi connectivity index (χ3v) is 2.80. The Morgan fingerprint density at radius 1 is 1.30 bits per heavy atom. The fourth-order valence-corrected chi connectivity index (χ4v) is 1.80. The van der Waals surface area contributed by atoms with Crippen LogP contribution in [0.5, 0.6) is 0 Å². The van der Waals surface area contributed by atoms with E-state index in [1.807, 2.05) is 12.1 Å². The number of halogens is 1. The van der Waals surface area contributed by atoms with Gasteiger partial charge in [-0.15, -0.1) is 0 Å². The first-order valence-electron chi connectivity index (χ1n) is 6.06. The van der Waals surface area contributed by atoms with Gasteiger partial charge >= 0.3 is 0 Å². The van der Waals surface area contributed by atoms with Gasteiger partial charge in [0.15, 0.2) is 11.6 Å². The van der Waals surface area contributed by atoms with E-state index in [1.165, 1.54) is 6.33 Å². The average molecular weight is 294 g/mol. The summed E-state index contributed by atoms with van der Waals surface area (Å²) in [5.74, 6) is 1.10. The largest absolute Gasteiger partial charge is 0.393 e. The molecule has 20 heavy (non-hydrogen) atoms. The highest BCUT2D eigenvalue weighted by atomic mass is 35.5. The second-order valence-corrected chi connectivity index (χ2v) is 4.48. The number of hydrogen-bond donors (Lipinski definition) is 3. The first-order valence-corrected chi connectivity index (χ1v) is 6.44. The maximum absolute atomic E-state index is 6.03. The number of nitrogen functional groups attached to an aromatic ring is 1. The van der Waals surface area contributed by atoms with Crippen molar-refractivity contribution >= 4 is 34.6 Å². The molecule has 0 aliphatic heterocycles. The number of methoxy groups -OCH3 is 1. The lowest BCUT2D eigenvalue weighted by Gasteiger charge is -2.12. The summed E-state index contributed by atoms with van der Waals surface area (Å²) in [4.78, 5) is 8.23. The number of nitrogens with one attached hydrogen (secondary N) is 2. The van der Waals surface area contributed by atoms with Crippen LogP contribution in [0.4, 0.5) is 23.0 Å². The van der Waals surface area contributed by atoms with Gasteiger partial charge in [-0.1, -0.05) is 17.7 Å². The number of nitrogens with two attached hydrogens (primary N) is 1. The topological polar surface area (TPSA) is 85.1 Å². The quantitative estimate of drug-likeness (QED) is 0.710. The van der Waals surface area contributed by atoms with Crippen LogP contribution in [-0.4, -0.2) is 30.2 Å². The van der Waals surface area contributed by atoms with Crippen LogP contribution in [0.25, 0.3) is 0 Å². The molecule has 0 unspecified atom stereocenters. The molecule has 0 radical (unpaired) electrons. The van der Waals surface area contributed by atoms with Gasteiger partial charge in [0.05, 0.1) is 6.61 Å². The molecule has 0 spiro atoms. The number of aromatic nitrogens is 2. The molecule has 1 aromatic carbocycles. The number of benzene rings is 1. The van der Waals surface area contributed by atoms with Crippen LogP contribution >= 0.6 is 11.6 Å². The van der Waals surface area contributed by atoms with Gasteiger partial charge < -0.3 is 21.1 Å². The summed E-state index contributed by atoms with van der Waals surface area (Å²) in [6.45, 7) is 1.19. The van der Waals surface area contributed by atoms with Crippen molar-refractivity contribution in [1.29, 1.82) is 0 Å². The van der Waals surface area contributed by atoms with E-state index < -0.39 is 0 Å². The van der Waals surface area contributed by atoms with Crippen molar-refractivity contribution in [2.45, 2.75) is 0 Å². The van der Waals surface area contributed by atoms with E-state index in [4.69, 9.17) is 22.1 Å². The van der Waals surface area contributed by atoms with Crippen molar-refractivity contribution in [3.05, 3.63) is 35.6 Å². The Hall–Kier alpha value is -2.05. The Labute approximate surface area is 122 Å². The standard InChI is InChI=1S/C13H16ClN5O/c1-20-6-5-16-12-11(15)13(18-8-17-12)19-10-4-2-3-9(14)7-10/h2-4,7-8H,5-6,15H2,1H3,(H2,16,17,18,19). The smallest absolute Gasteiger partial charge is 0.159 e. The average Bonchev–Trinajstić information content (AvgIpc) is 2.43. The van der Waals surface area contributed by atoms with Crippen molar-refractivity contribution in [3.63, 3.8) is 0 Å². The molecule has 0 aliphatic carbocycles. The Bertz CT molecular complexity index is 578. The molecule has 2 rings (SSSR count). The van der Waals surface area contributed by atoms with Gasteiger partial charge in [-0.25, -0.2) is 9.97 Å². The van der Waals surface area contributed by atoms with Crippen LogP contribution in [-0.2, 0) is 4.74 Å². The Balaban J connectivity index is 2.14. The van der Waals surface area contributed by atoms with Crippen LogP contribution < -0.4 is 16.4 Å². The monoisotopic (exact) mass is 293 g/mol. The molecule has 1 heterocycles. The Morgan fingerprint density at radius 2 is 2.10 bits per heavy atom. The van der Waals surface area contributed by atoms with Crippen molar-refractivity contribution in [3.8, 4) is 0 Å². The van der Waals surface area contributed by atoms with E-state index in [1.54, 1.807) is 19.2 Å². The second-order valence-electron chi connectivity index (χ2n) is 4.04. The molecular weight excluding hydrogens is 278 g/mol. The summed E-state index contributed by atoms with van der Waals surface area (Å²) in [5.41, 5.74) is 7.29. The number of ether oxygens (including phenoxy) is 1. The molecule has 0 saturated heterocycles. The van der Waals surface area contributed by atoms with Gasteiger partial charge in [0.1, 0.15) is 12.0 Å². The van der Waals surface area contributed by atoms with Crippen molar-refractivity contribution in [2.24, 2.45) is 0 Å². The highest BCUT2D eigenvalue weighted by molar-refractivity contribution is 6.30. The lowest BCUT2D eigenvalue weighted by atomic mass is 10.3. The summed E-state index contributed by atoms with van der Waals surface area (Å²) >= 11 is 5.94. The predicted octanol–water partition coefficient (Wildman–Crippen LogP) is 2.51. The third-order valence-electron chi connectivity index (χ3n) is 2.57. The molecule has 7 heteroatoms. The lowest BCUT2D eigenvalue weighted by Crippen LogP contribution is -2.12. The Kier molecular flexibility index (Phi) is 4.97. The van der Waals surface area contributed by atoms with E-state index in [2.05, 4.69) is 20.6 Å². The lowest BCUT2D eigenvalue weighted by molar-refractivity contribution is 0.210. The molecule has 2 aromatic rings. The molecule has 6 nitrogen and oxygen atoms in total. The second kappa shape index (κ2) is 6.93. The van der Waals surface area contributed by atoms with E-state index in [0.29, 0.717) is 35.5 Å². The van der Waals surface area contributed by atoms with Gasteiger partial charge in [0.25, 0.3) is 0 Å². The van der Waals surface area contributed by atoms with Gasteiger partial charge in [0.2, 0.25) is 0 Å². The molecule has 4 N–H and O–H groups in total. The molecule has 0 atom stereocenters. The summed E-state index contributed by atoms with van der Waals surface area (Å²) in [5, 5.41) is 6.84. The minimum Gasteiger partial charge on any atom is -0.393 e. The first kappa shape index (κ1) is 14.4.